The molecule has 0 aliphatic carbocycles. The number of benzene rings is 2. The minimum Gasteiger partial charge on any atom is -0.507 e. The summed E-state index contributed by atoms with van der Waals surface area (Å²) in [6, 6.07) is 9.15. The van der Waals surface area contributed by atoms with Gasteiger partial charge in [0.1, 0.15) is 11.5 Å². The molecule has 0 fully saturated rings. The molecule has 0 saturated carbocycles. The van der Waals surface area contributed by atoms with Crippen molar-refractivity contribution >= 4 is 10.8 Å². The zero-order valence-electron chi connectivity index (χ0n) is 45.0. The largest absolute Gasteiger partial charge is 0.507 e. The Morgan fingerprint density at radius 2 is 0.567 bits per heavy atom. The van der Waals surface area contributed by atoms with Crippen LogP contribution in [0.4, 0.5) is 0 Å². The van der Waals surface area contributed by atoms with Crippen molar-refractivity contribution in [3.63, 3.8) is 0 Å². The topological polar surface area (TPSA) is 40.5 Å². The molecule has 0 amide bonds. The van der Waals surface area contributed by atoms with Crippen LogP contribution in [0.1, 0.15) is 217 Å². The molecule has 0 radical (unpaired) electrons. The maximum Gasteiger partial charge on any atom is 0.127 e. The second-order valence-electron chi connectivity index (χ2n) is 20.3. The summed E-state index contributed by atoms with van der Waals surface area (Å²) in [7, 11) is 0. The Hall–Kier alpha value is -4.56. The molecule has 0 bridgehead atoms. The molecule has 2 heteroatoms. The lowest BCUT2D eigenvalue weighted by Crippen LogP contribution is -1.88. The molecule has 0 heterocycles. The Morgan fingerprint density at radius 3 is 0.836 bits per heavy atom. The van der Waals surface area contributed by atoms with Gasteiger partial charge in [0, 0.05) is 16.3 Å². The Balaban J connectivity index is 1.57. The Labute approximate surface area is 412 Å². The highest BCUT2D eigenvalue weighted by atomic mass is 16.3. The molecule has 2 N–H and O–H groups in total. The van der Waals surface area contributed by atoms with Crippen LogP contribution in [-0.2, 0) is 6.42 Å². The molecule has 0 spiro atoms. The zero-order chi connectivity index (χ0) is 49.4. The number of hydrogen-bond acceptors (Lipinski definition) is 2. The highest BCUT2D eigenvalue weighted by Gasteiger charge is 2.10. The van der Waals surface area contributed by atoms with E-state index in [-0.39, 0.29) is 11.5 Å². The fourth-order valence-electron chi connectivity index (χ4n) is 8.36. The van der Waals surface area contributed by atoms with E-state index in [0.29, 0.717) is 17.2 Å². The first-order valence-electron chi connectivity index (χ1n) is 26.2. The molecule has 0 unspecified atom stereocenters. The van der Waals surface area contributed by atoms with Crippen LogP contribution >= 0.6 is 0 Å². The summed E-state index contributed by atoms with van der Waals surface area (Å²) < 4.78 is 0. The zero-order valence-corrected chi connectivity index (χ0v) is 45.0. The quantitative estimate of drug-likeness (QED) is 0.0567. The second kappa shape index (κ2) is 34.7. The Bertz CT molecular complexity index is 2140. The van der Waals surface area contributed by atoms with E-state index in [9.17, 15) is 10.2 Å². The summed E-state index contributed by atoms with van der Waals surface area (Å²) in [4.78, 5) is 0. The number of hydrogen-bond donors (Lipinski definition) is 2. The first kappa shape index (κ1) is 58.6. The van der Waals surface area contributed by atoms with Gasteiger partial charge < -0.3 is 10.2 Å². The first-order chi connectivity index (χ1) is 32.0. The number of phenols is 2. The number of aromatic hydroxyl groups is 2. The van der Waals surface area contributed by atoms with E-state index in [2.05, 4.69) is 150 Å². The summed E-state index contributed by atoms with van der Waals surface area (Å²) in [5, 5.41) is 22.5. The summed E-state index contributed by atoms with van der Waals surface area (Å²) in [6.45, 7) is 27.1. The molecular formula is C65H96O2. The molecule has 0 atom stereocenters. The molecule has 2 nitrogen and oxygen atoms in total. The van der Waals surface area contributed by atoms with E-state index in [0.717, 1.165) is 102 Å². The Morgan fingerprint density at radius 1 is 0.328 bits per heavy atom. The van der Waals surface area contributed by atoms with Crippen LogP contribution in [0.15, 0.2) is 158 Å². The average Bonchev–Trinajstić information content (AvgIpc) is 3.27. The lowest BCUT2D eigenvalue weighted by Gasteiger charge is -2.09. The molecule has 0 aliphatic rings. The fraction of sp³-hybridized carbons (Fsp3) is 0.508. The van der Waals surface area contributed by atoms with Crippen LogP contribution in [0.2, 0.25) is 0 Å². The molecule has 0 aliphatic heterocycles. The normalized spacial score (nSPS) is 14.4. The van der Waals surface area contributed by atoms with Crippen LogP contribution in [0.5, 0.6) is 11.5 Å². The van der Waals surface area contributed by atoms with Crippen LogP contribution in [0.25, 0.3) is 10.8 Å². The maximum atomic E-state index is 10.7. The number of fused-ring (bicyclic) bond motifs is 1. The fourth-order valence-corrected chi connectivity index (χ4v) is 8.36. The van der Waals surface area contributed by atoms with Gasteiger partial charge in [-0.25, -0.2) is 0 Å². The van der Waals surface area contributed by atoms with E-state index in [1.807, 2.05) is 24.3 Å². The van der Waals surface area contributed by atoms with Crippen LogP contribution < -0.4 is 0 Å². The Kier molecular flexibility index (Phi) is 30.3. The highest BCUT2D eigenvalue weighted by molar-refractivity contribution is 5.94. The van der Waals surface area contributed by atoms with Crippen molar-refractivity contribution in [1.29, 1.82) is 0 Å². The van der Waals surface area contributed by atoms with E-state index in [1.54, 1.807) is 6.07 Å². The van der Waals surface area contributed by atoms with Crippen molar-refractivity contribution in [3.8, 4) is 11.5 Å². The highest BCUT2D eigenvalue weighted by Crippen LogP contribution is 2.36. The van der Waals surface area contributed by atoms with Crippen molar-refractivity contribution in [3.05, 3.63) is 164 Å². The molecule has 67 heavy (non-hydrogen) atoms. The predicted molar refractivity (Wildman–Crippen MR) is 300 cm³/mol. The minimum atomic E-state index is 0.220. The number of allylic oxidation sites excluding steroid dienone is 22. The van der Waals surface area contributed by atoms with Crippen LogP contribution in [0.3, 0.4) is 0 Å². The molecule has 2 aromatic carbocycles. The summed E-state index contributed by atoms with van der Waals surface area (Å²) in [5.41, 5.74) is 17.1. The van der Waals surface area contributed by atoms with E-state index < -0.39 is 0 Å². The van der Waals surface area contributed by atoms with Crippen LogP contribution in [-0.4, -0.2) is 10.2 Å². The molecular weight excluding hydrogens is 813 g/mol. The van der Waals surface area contributed by atoms with Crippen molar-refractivity contribution in [1.82, 2.24) is 0 Å². The van der Waals surface area contributed by atoms with E-state index >= 15 is 0 Å². The van der Waals surface area contributed by atoms with Gasteiger partial charge in [-0.1, -0.05) is 152 Å². The van der Waals surface area contributed by atoms with E-state index in [4.69, 9.17) is 0 Å². The standard InChI is InChI=1S/C65H96O2/c1-50(2)25-15-26-51(3)27-16-28-52(4)29-17-30-53(5)31-18-32-54(6)33-19-34-55(7)35-20-36-56(8)37-21-38-57(9)39-22-40-58(10)41-23-42-59(11)43-24-44-60(12)47-48-61-49-64(66)62-45-13-14-46-63(62)65(61)67/h13-14,25,27,29,31,33,35,37,39,41,43,45-47,49,66-67H,15-24,26,28,30,32,34,36,38,40,42,44,48H2,1-12H3/b51-27+,52-29+,53-31+,54-33+,55-35+,56-37+,57-39+,58-41+,59-43+,60-47+. The van der Waals surface area contributed by atoms with Crippen molar-refractivity contribution in [2.75, 3.05) is 0 Å². The predicted octanol–water partition coefficient (Wildman–Crippen LogP) is 21.0. The summed E-state index contributed by atoms with van der Waals surface area (Å²) in [5.74, 6) is 0.485. The molecule has 0 saturated heterocycles. The van der Waals surface area contributed by atoms with Crippen molar-refractivity contribution in [2.45, 2.75) is 218 Å². The third-order valence-corrected chi connectivity index (χ3v) is 13.1. The van der Waals surface area contributed by atoms with E-state index in [1.165, 1.54) is 93.4 Å². The van der Waals surface area contributed by atoms with Gasteiger partial charge in [-0.05, 0) is 224 Å². The van der Waals surface area contributed by atoms with Gasteiger partial charge >= 0.3 is 0 Å². The first-order valence-corrected chi connectivity index (χ1v) is 26.2. The average molecular weight is 909 g/mol. The number of phenolic OH excluding ortho intramolecular Hbond substituents is 2. The monoisotopic (exact) mass is 909 g/mol. The van der Waals surface area contributed by atoms with Gasteiger partial charge in [0.2, 0.25) is 0 Å². The molecule has 2 rings (SSSR count). The lowest BCUT2D eigenvalue weighted by atomic mass is 10.00. The van der Waals surface area contributed by atoms with Gasteiger partial charge in [-0.15, -0.1) is 0 Å². The number of rotatable bonds is 32. The van der Waals surface area contributed by atoms with Crippen LogP contribution in [0, 0.1) is 0 Å². The summed E-state index contributed by atoms with van der Waals surface area (Å²) >= 11 is 0. The molecule has 2 aromatic rings. The minimum absolute atomic E-state index is 0.220. The van der Waals surface area contributed by atoms with Gasteiger partial charge in [0.05, 0.1) is 0 Å². The van der Waals surface area contributed by atoms with Gasteiger partial charge in [0.25, 0.3) is 0 Å². The van der Waals surface area contributed by atoms with Gasteiger partial charge in [-0.3, -0.25) is 0 Å². The van der Waals surface area contributed by atoms with Gasteiger partial charge in [0.15, 0.2) is 0 Å². The van der Waals surface area contributed by atoms with Crippen molar-refractivity contribution < 1.29 is 10.2 Å². The SMILES string of the molecule is CC(C)=CCC/C(C)=C/CC/C(C)=C/CC/C(C)=C/CC/C(C)=C/CC/C(C)=C/CC/C(C)=C/CC/C(C)=C/CC/C(C)=C/CC/C(C)=C/CC/C(C)=C/Cc1cc(O)c2ccccc2c1O. The second-order valence-corrected chi connectivity index (χ2v) is 20.3. The third-order valence-electron chi connectivity index (χ3n) is 13.1. The molecule has 0 aromatic heterocycles. The smallest absolute Gasteiger partial charge is 0.127 e. The molecule has 368 valence electrons. The maximum absolute atomic E-state index is 10.7. The summed E-state index contributed by atoms with van der Waals surface area (Å²) in [6.07, 6.45) is 49.8. The lowest BCUT2D eigenvalue weighted by molar-refractivity contribution is 0.465. The third kappa shape index (κ3) is 28.4. The van der Waals surface area contributed by atoms with Gasteiger partial charge in [-0.2, -0.15) is 0 Å². The van der Waals surface area contributed by atoms with Crippen molar-refractivity contribution in [2.24, 2.45) is 0 Å².